The van der Waals surface area contributed by atoms with Gasteiger partial charge in [0.05, 0.1) is 22.9 Å². The number of thiazole rings is 1. The molecule has 0 atom stereocenters. The average molecular weight is 373 g/mol. The molecule has 0 aliphatic rings. The summed E-state index contributed by atoms with van der Waals surface area (Å²) in [7, 11) is 0. The zero-order chi connectivity index (χ0) is 17.6. The van der Waals surface area contributed by atoms with Crippen LogP contribution in [0.1, 0.15) is 23.7 Å². The molecule has 4 nitrogen and oxygen atoms in total. The van der Waals surface area contributed by atoms with Crippen molar-refractivity contribution in [1.82, 2.24) is 4.98 Å². The second kappa shape index (κ2) is 8.14. The number of aromatic nitrogens is 1. The Morgan fingerprint density at radius 2 is 1.96 bits per heavy atom. The van der Waals surface area contributed by atoms with Crippen molar-refractivity contribution >= 4 is 34.0 Å². The number of hydrogen-bond acceptors (Lipinski definition) is 4. The van der Waals surface area contributed by atoms with Crippen molar-refractivity contribution in [1.29, 1.82) is 0 Å². The summed E-state index contributed by atoms with van der Waals surface area (Å²) in [6.45, 7) is 2.77. The molecule has 0 spiro atoms. The number of rotatable bonds is 6. The molecule has 0 aliphatic heterocycles. The van der Waals surface area contributed by atoms with Crippen LogP contribution in [0.4, 0.5) is 5.13 Å². The van der Waals surface area contributed by atoms with Crippen LogP contribution in [0.15, 0.2) is 53.9 Å². The van der Waals surface area contributed by atoms with E-state index in [0.29, 0.717) is 22.3 Å². The van der Waals surface area contributed by atoms with Crippen LogP contribution in [0.2, 0.25) is 5.02 Å². The fraction of sp³-hybridized carbons (Fsp3) is 0.158. The summed E-state index contributed by atoms with van der Waals surface area (Å²) >= 11 is 7.42. The highest BCUT2D eigenvalue weighted by atomic mass is 35.5. The summed E-state index contributed by atoms with van der Waals surface area (Å²) in [5.74, 6) is 0.572. The molecule has 3 aromatic rings. The first-order valence-corrected chi connectivity index (χ1v) is 9.18. The lowest BCUT2D eigenvalue weighted by molar-refractivity contribution is 0.102. The fourth-order valence-electron chi connectivity index (χ4n) is 2.22. The maximum atomic E-state index is 12.3. The topological polar surface area (TPSA) is 51.2 Å². The summed E-state index contributed by atoms with van der Waals surface area (Å²) in [4.78, 5) is 16.8. The lowest BCUT2D eigenvalue weighted by atomic mass is 10.2. The number of amides is 1. The lowest BCUT2D eigenvalue weighted by Crippen LogP contribution is -2.12. The maximum absolute atomic E-state index is 12.3. The molecule has 1 heterocycles. The average Bonchev–Trinajstić information content (AvgIpc) is 3.09. The van der Waals surface area contributed by atoms with E-state index in [1.807, 2.05) is 29.6 Å². The van der Waals surface area contributed by atoms with Gasteiger partial charge in [-0.15, -0.1) is 11.3 Å². The highest BCUT2D eigenvalue weighted by Crippen LogP contribution is 2.27. The lowest BCUT2D eigenvalue weighted by Gasteiger charge is -2.05. The zero-order valence-electron chi connectivity index (χ0n) is 13.7. The molecule has 0 fully saturated rings. The molecule has 0 saturated carbocycles. The van der Waals surface area contributed by atoms with Crippen molar-refractivity contribution in [3.8, 4) is 17.0 Å². The number of benzene rings is 2. The van der Waals surface area contributed by atoms with Crippen molar-refractivity contribution in [2.24, 2.45) is 0 Å². The number of ether oxygens (including phenoxy) is 1. The number of carbonyl (C=O) groups is 1. The Balaban J connectivity index is 1.70. The Morgan fingerprint density at radius 3 is 2.68 bits per heavy atom. The van der Waals surface area contributed by atoms with Crippen molar-refractivity contribution < 1.29 is 9.53 Å². The minimum atomic E-state index is -0.269. The summed E-state index contributed by atoms with van der Waals surface area (Å²) in [6, 6.07) is 14.7. The third-order valence-corrected chi connectivity index (χ3v) is 4.55. The van der Waals surface area contributed by atoms with Crippen LogP contribution in [0.25, 0.3) is 11.3 Å². The Morgan fingerprint density at radius 1 is 1.20 bits per heavy atom. The molecule has 1 aromatic heterocycles. The first-order chi connectivity index (χ1) is 12.2. The van der Waals surface area contributed by atoms with Crippen molar-refractivity contribution in [2.45, 2.75) is 13.3 Å². The van der Waals surface area contributed by atoms with Crippen LogP contribution in [-0.4, -0.2) is 17.5 Å². The van der Waals surface area contributed by atoms with Gasteiger partial charge in [0.2, 0.25) is 0 Å². The molecule has 2 aromatic carbocycles. The van der Waals surface area contributed by atoms with Gasteiger partial charge >= 0.3 is 0 Å². The second-order valence-corrected chi connectivity index (χ2v) is 6.61. The summed E-state index contributed by atoms with van der Waals surface area (Å²) in [5.41, 5.74) is 2.21. The summed E-state index contributed by atoms with van der Waals surface area (Å²) < 4.78 is 5.58. The predicted molar refractivity (Wildman–Crippen MR) is 103 cm³/mol. The molecule has 1 N–H and O–H groups in total. The van der Waals surface area contributed by atoms with Gasteiger partial charge in [-0.25, -0.2) is 4.98 Å². The van der Waals surface area contributed by atoms with Gasteiger partial charge in [0.15, 0.2) is 5.13 Å². The van der Waals surface area contributed by atoms with E-state index in [2.05, 4.69) is 17.2 Å². The first-order valence-electron chi connectivity index (χ1n) is 7.92. The SMILES string of the molecule is CCCOc1ccc(-c2csc(NC(=O)c3ccccc3Cl)n2)cc1. The Bertz CT molecular complexity index is 862. The quantitative estimate of drug-likeness (QED) is 0.621. The zero-order valence-corrected chi connectivity index (χ0v) is 15.2. The molecule has 25 heavy (non-hydrogen) atoms. The first kappa shape index (κ1) is 17.5. The number of nitrogens with zero attached hydrogens (tertiary/aromatic N) is 1. The molecule has 0 saturated heterocycles. The van der Waals surface area contributed by atoms with Crippen LogP contribution < -0.4 is 10.1 Å². The summed E-state index contributed by atoms with van der Waals surface area (Å²) in [5, 5.41) is 5.64. The monoisotopic (exact) mass is 372 g/mol. The van der Waals surface area contributed by atoms with Crippen molar-refractivity contribution in [2.75, 3.05) is 11.9 Å². The molecule has 0 bridgehead atoms. The highest BCUT2D eigenvalue weighted by Gasteiger charge is 2.12. The van der Waals surface area contributed by atoms with Crippen molar-refractivity contribution in [3.05, 3.63) is 64.5 Å². The number of carbonyl (C=O) groups excluding carboxylic acids is 1. The van der Waals surface area contributed by atoms with Gasteiger partial charge in [-0.1, -0.05) is 30.7 Å². The van der Waals surface area contributed by atoms with E-state index in [1.54, 1.807) is 24.3 Å². The number of halogens is 1. The normalized spacial score (nSPS) is 10.5. The molecule has 128 valence electrons. The van der Waals surface area contributed by atoms with E-state index in [4.69, 9.17) is 16.3 Å². The standard InChI is InChI=1S/C19H17ClN2O2S/c1-2-11-24-14-9-7-13(8-10-14)17-12-25-19(21-17)22-18(23)15-5-3-4-6-16(15)20/h3-10,12H,2,11H2,1H3,(H,21,22,23). The minimum absolute atomic E-state index is 0.269. The molecule has 3 rings (SSSR count). The molecule has 1 amide bonds. The van der Waals surface area contributed by atoms with Gasteiger partial charge < -0.3 is 4.74 Å². The highest BCUT2D eigenvalue weighted by molar-refractivity contribution is 7.14. The van der Waals surface area contributed by atoms with E-state index < -0.39 is 0 Å². The van der Waals surface area contributed by atoms with Crippen LogP contribution >= 0.6 is 22.9 Å². The van der Waals surface area contributed by atoms with E-state index in [-0.39, 0.29) is 5.91 Å². The van der Waals surface area contributed by atoms with E-state index in [1.165, 1.54) is 11.3 Å². The van der Waals surface area contributed by atoms with Gasteiger partial charge in [0.25, 0.3) is 5.91 Å². The number of anilines is 1. The van der Waals surface area contributed by atoms with Crippen molar-refractivity contribution in [3.63, 3.8) is 0 Å². The Kier molecular flexibility index (Phi) is 5.68. The fourth-order valence-corrected chi connectivity index (χ4v) is 3.15. The third kappa shape index (κ3) is 4.38. The van der Waals surface area contributed by atoms with Gasteiger partial charge in [0, 0.05) is 10.9 Å². The molecular formula is C19H17ClN2O2S. The van der Waals surface area contributed by atoms with Gasteiger partial charge in [-0.05, 0) is 42.8 Å². The Labute approximate surface area is 155 Å². The molecule has 0 unspecified atom stereocenters. The largest absolute Gasteiger partial charge is 0.494 e. The molecular weight excluding hydrogens is 356 g/mol. The molecule has 0 radical (unpaired) electrons. The van der Waals surface area contributed by atoms with Crippen LogP contribution in [0, 0.1) is 0 Å². The van der Waals surface area contributed by atoms with Crippen LogP contribution in [-0.2, 0) is 0 Å². The predicted octanol–water partition coefficient (Wildman–Crippen LogP) is 5.50. The van der Waals surface area contributed by atoms with Crippen LogP contribution in [0.3, 0.4) is 0 Å². The van der Waals surface area contributed by atoms with E-state index >= 15 is 0 Å². The minimum Gasteiger partial charge on any atom is -0.494 e. The Hall–Kier alpha value is -2.37. The third-order valence-electron chi connectivity index (χ3n) is 3.47. The van der Waals surface area contributed by atoms with E-state index in [0.717, 1.165) is 23.4 Å². The van der Waals surface area contributed by atoms with Crippen LogP contribution in [0.5, 0.6) is 5.75 Å². The van der Waals surface area contributed by atoms with Gasteiger partial charge in [0.1, 0.15) is 5.75 Å². The van der Waals surface area contributed by atoms with Gasteiger partial charge in [-0.2, -0.15) is 0 Å². The van der Waals surface area contributed by atoms with E-state index in [9.17, 15) is 4.79 Å². The van der Waals surface area contributed by atoms with Gasteiger partial charge in [-0.3, -0.25) is 10.1 Å². The molecule has 6 heteroatoms. The molecule has 0 aliphatic carbocycles. The maximum Gasteiger partial charge on any atom is 0.258 e. The summed E-state index contributed by atoms with van der Waals surface area (Å²) in [6.07, 6.45) is 0.975. The second-order valence-electron chi connectivity index (χ2n) is 5.34. The smallest absolute Gasteiger partial charge is 0.258 e. The number of nitrogens with one attached hydrogen (secondary N) is 1. The number of hydrogen-bond donors (Lipinski definition) is 1.